The number of hydrogen-bond donors (Lipinski definition) is 0. The molecule has 2 aromatic rings. The first-order valence-electron chi connectivity index (χ1n) is 8.23. The lowest BCUT2D eigenvalue weighted by Gasteiger charge is -2.30. The van der Waals surface area contributed by atoms with E-state index in [1.807, 2.05) is 49.4 Å². The number of nitrogens with zero attached hydrogens (tertiary/aromatic N) is 1. The van der Waals surface area contributed by atoms with Gasteiger partial charge in [0.2, 0.25) is 0 Å². The largest absolute Gasteiger partial charge is 0.636 e. The second-order valence-electron chi connectivity index (χ2n) is 6.29. The molecule has 0 saturated carbocycles. The summed E-state index contributed by atoms with van der Waals surface area (Å²) in [6.07, 6.45) is 0.478. The van der Waals surface area contributed by atoms with Crippen LogP contribution >= 0.6 is 0 Å². The van der Waals surface area contributed by atoms with Crippen molar-refractivity contribution in [1.29, 1.82) is 0 Å². The summed E-state index contributed by atoms with van der Waals surface area (Å²) < 4.78 is 10.8. The molecule has 0 N–H and O–H groups in total. The van der Waals surface area contributed by atoms with E-state index in [0.717, 1.165) is 11.1 Å². The van der Waals surface area contributed by atoms with Crippen LogP contribution in [-0.2, 0) is 25.3 Å². The molecular weight excluding hydrogens is 317 g/mol. The van der Waals surface area contributed by atoms with E-state index in [-0.39, 0.29) is 6.54 Å². The normalized spacial score (nSPS) is 19.0. The van der Waals surface area contributed by atoms with Gasteiger partial charge >= 0.3 is 19.1 Å². The first-order valence-corrected chi connectivity index (χ1v) is 8.23. The van der Waals surface area contributed by atoms with Crippen molar-refractivity contribution in [2.75, 3.05) is 13.6 Å². The molecule has 1 heterocycles. The summed E-state index contributed by atoms with van der Waals surface area (Å²) in [6.45, 7) is 2.04. The molecule has 1 fully saturated rings. The Hall–Kier alpha value is -2.60. The van der Waals surface area contributed by atoms with Crippen LogP contribution < -0.4 is 5.46 Å². The highest BCUT2D eigenvalue weighted by Gasteiger charge is 2.38. The second-order valence-corrected chi connectivity index (χ2v) is 6.29. The zero-order valence-electron chi connectivity index (χ0n) is 14.3. The Balaban J connectivity index is 1.83. The molecule has 2 aromatic carbocycles. The van der Waals surface area contributed by atoms with Crippen LogP contribution in [0.1, 0.15) is 11.1 Å². The lowest BCUT2D eigenvalue weighted by Crippen LogP contribution is -2.53. The van der Waals surface area contributed by atoms with Gasteiger partial charge in [-0.15, -0.1) is 0 Å². The number of benzene rings is 2. The third kappa shape index (κ3) is 4.28. The van der Waals surface area contributed by atoms with Gasteiger partial charge in [0.05, 0.1) is 6.54 Å². The Bertz CT molecular complexity index is 765. The topological polar surface area (TPSA) is 55.8 Å². The van der Waals surface area contributed by atoms with Crippen molar-refractivity contribution < 1.29 is 18.9 Å². The molecule has 5 nitrogen and oxygen atoms in total. The van der Waals surface area contributed by atoms with Crippen molar-refractivity contribution in [1.82, 2.24) is 4.90 Å². The monoisotopic (exact) mass is 337 g/mol. The van der Waals surface area contributed by atoms with Gasteiger partial charge in [0.25, 0.3) is 0 Å². The molecule has 6 heteroatoms. The Morgan fingerprint density at radius 3 is 2.56 bits per heavy atom. The fourth-order valence-corrected chi connectivity index (χ4v) is 2.91. The van der Waals surface area contributed by atoms with Crippen molar-refractivity contribution in [2.24, 2.45) is 0 Å². The summed E-state index contributed by atoms with van der Waals surface area (Å²) >= 11 is 0. The summed E-state index contributed by atoms with van der Waals surface area (Å²) in [5.74, 6) is -0.816. The quantitative estimate of drug-likeness (QED) is 0.791. The third-order valence-electron chi connectivity index (χ3n) is 4.23. The van der Waals surface area contributed by atoms with Crippen molar-refractivity contribution in [2.45, 2.75) is 19.4 Å². The molecule has 0 radical (unpaired) electrons. The average molecular weight is 337 g/mol. The molecule has 0 bridgehead atoms. The van der Waals surface area contributed by atoms with Gasteiger partial charge in [-0.3, -0.25) is 14.5 Å². The Labute approximate surface area is 147 Å². The first-order chi connectivity index (χ1) is 12.0. The Kier molecular flexibility index (Phi) is 5.19. The molecule has 1 aliphatic heterocycles. The summed E-state index contributed by atoms with van der Waals surface area (Å²) in [5.41, 5.74) is 2.79. The number of rotatable bonds is 3. The van der Waals surface area contributed by atoms with Gasteiger partial charge < -0.3 is 9.31 Å². The van der Waals surface area contributed by atoms with Crippen molar-refractivity contribution in [3.63, 3.8) is 0 Å². The van der Waals surface area contributed by atoms with Gasteiger partial charge in [-0.05, 0) is 26.0 Å². The van der Waals surface area contributed by atoms with Gasteiger partial charge in [-0.1, -0.05) is 60.2 Å². The molecular formula is C19H20BNO4. The highest BCUT2D eigenvalue weighted by molar-refractivity contribution is 6.64. The summed E-state index contributed by atoms with van der Waals surface area (Å²) in [5, 5.41) is 0. The minimum absolute atomic E-state index is 0.0366. The predicted molar refractivity (Wildman–Crippen MR) is 95.3 cm³/mol. The van der Waals surface area contributed by atoms with Crippen molar-refractivity contribution in [3.05, 3.63) is 65.7 Å². The molecule has 25 heavy (non-hydrogen) atoms. The van der Waals surface area contributed by atoms with Crippen LogP contribution in [0.25, 0.3) is 0 Å². The standard InChI is InChI=1S/C19H20BNO4/c1-14-7-6-8-15(11-14)12-17-19(23)25-20(16-9-4-3-5-10-16)24-18(22)13-21(17)2/h3-11,17H,12-13H2,1-2H3/t17-/m1/s1. The SMILES string of the molecule is Cc1cccc(C[C@@H]2C(=O)OB(c3ccccc3)OC(=O)CN2C)c1. The Morgan fingerprint density at radius 2 is 1.84 bits per heavy atom. The molecule has 1 aliphatic rings. The molecule has 1 atom stereocenters. The molecule has 0 amide bonds. The smallest absolute Gasteiger partial charge is 0.494 e. The van der Waals surface area contributed by atoms with Crippen LogP contribution in [0.3, 0.4) is 0 Å². The molecule has 3 rings (SSSR count). The fourth-order valence-electron chi connectivity index (χ4n) is 2.91. The first kappa shape index (κ1) is 17.2. The van der Waals surface area contributed by atoms with Crippen LogP contribution in [-0.4, -0.2) is 43.6 Å². The second kappa shape index (κ2) is 7.53. The van der Waals surface area contributed by atoms with Crippen molar-refractivity contribution in [3.8, 4) is 0 Å². The number of likely N-dealkylation sites (N-methyl/N-ethyl adjacent to an activating group) is 1. The maximum Gasteiger partial charge on any atom is 0.636 e. The van der Waals surface area contributed by atoms with Crippen LogP contribution in [0, 0.1) is 6.92 Å². The Morgan fingerprint density at radius 1 is 1.08 bits per heavy atom. The van der Waals surface area contributed by atoms with E-state index in [9.17, 15) is 9.59 Å². The van der Waals surface area contributed by atoms with E-state index < -0.39 is 25.1 Å². The highest BCUT2D eigenvalue weighted by atomic mass is 16.6. The van der Waals surface area contributed by atoms with Crippen LogP contribution in [0.5, 0.6) is 0 Å². The zero-order chi connectivity index (χ0) is 17.8. The van der Waals surface area contributed by atoms with Gasteiger partial charge in [0.1, 0.15) is 6.04 Å². The molecule has 1 saturated heterocycles. The fraction of sp³-hybridized carbons (Fsp3) is 0.263. The highest BCUT2D eigenvalue weighted by Crippen LogP contribution is 2.14. The maximum atomic E-state index is 12.7. The average Bonchev–Trinajstić information content (AvgIpc) is 2.59. The van der Waals surface area contributed by atoms with Gasteiger partial charge in [0.15, 0.2) is 0 Å². The van der Waals surface area contributed by atoms with E-state index in [2.05, 4.69) is 0 Å². The van der Waals surface area contributed by atoms with E-state index in [0.29, 0.717) is 11.9 Å². The maximum absolute atomic E-state index is 12.7. The van der Waals surface area contributed by atoms with E-state index in [1.165, 1.54) is 0 Å². The summed E-state index contributed by atoms with van der Waals surface area (Å²) in [6, 6.07) is 16.4. The molecule has 0 aromatic heterocycles. The van der Waals surface area contributed by atoms with E-state index in [4.69, 9.17) is 9.31 Å². The number of carbonyl (C=O) groups is 2. The number of aryl methyl sites for hydroxylation is 1. The van der Waals surface area contributed by atoms with Crippen LogP contribution in [0.4, 0.5) is 0 Å². The third-order valence-corrected chi connectivity index (χ3v) is 4.23. The lowest BCUT2D eigenvalue weighted by molar-refractivity contribution is -0.149. The summed E-state index contributed by atoms with van der Waals surface area (Å²) in [7, 11) is 0.723. The molecule has 128 valence electrons. The van der Waals surface area contributed by atoms with Gasteiger partial charge in [-0.2, -0.15) is 0 Å². The van der Waals surface area contributed by atoms with E-state index >= 15 is 0 Å². The summed E-state index contributed by atoms with van der Waals surface area (Å²) in [4.78, 5) is 26.5. The minimum atomic E-state index is -1.00. The lowest BCUT2D eigenvalue weighted by atomic mass is 9.78. The van der Waals surface area contributed by atoms with Crippen molar-refractivity contribution >= 4 is 24.5 Å². The van der Waals surface area contributed by atoms with Crippen LogP contribution in [0.2, 0.25) is 0 Å². The van der Waals surface area contributed by atoms with E-state index in [1.54, 1.807) is 24.1 Å². The minimum Gasteiger partial charge on any atom is -0.494 e. The molecule has 0 aliphatic carbocycles. The molecule has 0 unspecified atom stereocenters. The number of hydrogen-bond acceptors (Lipinski definition) is 5. The zero-order valence-corrected chi connectivity index (χ0v) is 14.3. The predicted octanol–water partition coefficient (Wildman–Crippen LogP) is 1.33. The van der Waals surface area contributed by atoms with Gasteiger partial charge in [0, 0.05) is 5.46 Å². The molecule has 0 spiro atoms. The van der Waals surface area contributed by atoms with Crippen LogP contribution in [0.15, 0.2) is 54.6 Å². The van der Waals surface area contributed by atoms with Gasteiger partial charge in [-0.25, -0.2) is 0 Å². The number of carbonyl (C=O) groups excluding carboxylic acids is 2.